The van der Waals surface area contributed by atoms with E-state index in [0.717, 1.165) is 21.0 Å². The van der Waals surface area contributed by atoms with E-state index in [9.17, 15) is 14.7 Å². The summed E-state index contributed by atoms with van der Waals surface area (Å²) in [7, 11) is 0. The third-order valence-corrected chi connectivity index (χ3v) is 6.98. The van der Waals surface area contributed by atoms with Crippen LogP contribution in [0.4, 0.5) is 0 Å². The van der Waals surface area contributed by atoms with E-state index in [-0.39, 0.29) is 11.4 Å². The fourth-order valence-corrected chi connectivity index (χ4v) is 5.28. The zero-order chi connectivity index (χ0) is 20.7. The lowest BCUT2D eigenvalue weighted by molar-refractivity contribution is -0.130. The number of thiazole rings is 1. The van der Waals surface area contributed by atoms with Gasteiger partial charge in [0.25, 0.3) is 5.91 Å². The van der Waals surface area contributed by atoms with E-state index in [2.05, 4.69) is 4.98 Å². The highest BCUT2D eigenvalue weighted by Gasteiger charge is 2.45. The summed E-state index contributed by atoms with van der Waals surface area (Å²) in [5.74, 6) is -1.32. The maximum absolute atomic E-state index is 13.5. The molecule has 148 valence electrons. The Morgan fingerprint density at radius 2 is 1.93 bits per heavy atom. The Hall–Kier alpha value is -2.77. The molecule has 2 aromatic heterocycles. The number of aliphatic hydroxyl groups excluding tert-OH is 1. The Morgan fingerprint density at radius 1 is 1.17 bits per heavy atom. The third-order valence-electron chi connectivity index (χ3n) is 5.05. The molecule has 1 unspecified atom stereocenters. The van der Waals surface area contributed by atoms with Crippen molar-refractivity contribution >= 4 is 34.4 Å². The number of benzene rings is 1. The van der Waals surface area contributed by atoms with E-state index in [1.807, 2.05) is 55.6 Å². The highest BCUT2D eigenvalue weighted by atomic mass is 32.1. The van der Waals surface area contributed by atoms with Crippen LogP contribution in [0.15, 0.2) is 53.1 Å². The van der Waals surface area contributed by atoms with E-state index >= 15 is 0 Å². The van der Waals surface area contributed by atoms with Gasteiger partial charge in [0.05, 0.1) is 33.7 Å². The van der Waals surface area contributed by atoms with Gasteiger partial charge in [-0.05, 0) is 43.3 Å². The van der Waals surface area contributed by atoms with Crippen molar-refractivity contribution in [3.05, 3.63) is 84.7 Å². The smallest absolute Gasteiger partial charge is 0.290 e. The van der Waals surface area contributed by atoms with Crippen molar-refractivity contribution in [2.75, 3.05) is 0 Å². The third kappa shape index (κ3) is 3.41. The molecule has 1 aliphatic heterocycles. The van der Waals surface area contributed by atoms with Crippen LogP contribution < -0.4 is 0 Å². The van der Waals surface area contributed by atoms with Crippen molar-refractivity contribution < 1.29 is 14.7 Å². The fourth-order valence-electron chi connectivity index (χ4n) is 3.70. The topological polar surface area (TPSA) is 70.5 Å². The number of carbonyl (C=O) groups excluding carboxylic acids is 2. The van der Waals surface area contributed by atoms with E-state index in [1.54, 1.807) is 11.8 Å². The number of hydrogen-bond acceptors (Lipinski definition) is 6. The zero-order valence-corrected chi connectivity index (χ0v) is 17.9. The van der Waals surface area contributed by atoms with Crippen LogP contribution >= 0.6 is 22.7 Å². The monoisotopic (exact) mass is 424 g/mol. The SMILES string of the molecule is Cc1nc(C)c(C(=O)C2=C(O)C(=O)N(Cc3cccs3)C2c2ccccc2C)s1. The fraction of sp³-hybridized carbons (Fsp3) is 0.227. The molecule has 3 heterocycles. The quantitative estimate of drug-likeness (QED) is 0.591. The number of aromatic nitrogens is 1. The minimum absolute atomic E-state index is 0.132. The van der Waals surface area contributed by atoms with Crippen molar-refractivity contribution in [1.82, 2.24) is 9.88 Å². The lowest BCUT2D eigenvalue weighted by Crippen LogP contribution is -2.30. The molecule has 1 N–H and O–H groups in total. The van der Waals surface area contributed by atoms with Gasteiger partial charge in [0.2, 0.25) is 5.78 Å². The average molecular weight is 425 g/mol. The van der Waals surface area contributed by atoms with Crippen LogP contribution in [0.2, 0.25) is 0 Å². The second-order valence-electron chi connectivity index (χ2n) is 7.01. The molecule has 4 rings (SSSR count). The first-order valence-electron chi connectivity index (χ1n) is 9.19. The molecule has 0 bridgehead atoms. The number of rotatable bonds is 5. The second-order valence-corrected chi connectivity index (χ2v) is 9.25. The molecule has 5 nitrogen and oxygen atoms in total. The molecule has 0 saturated heterocycles. The van der Waals surface area contributed by atoms with Gasteiger partial charge in [-0.25, -0.2) is 4.98 Å². The molecule has 1 aliphatic rings. The molecular formula is C22H20N2O3S2. The first kappa shape index (κ1) is 19.5. The van der Waals surface area contributed by atoms with E-state index in [1.165, 1.54) is 22.7 Å². The molecule has 29 heavy (non-hydrogen) atoms. The van der Waals surface area contributed by atoms with Crippen molar-refractivity contribution in [2.24, 2.45) is 0 Å². The number of Topliss-reactive ketones (excluding diaryl/α,β-unsaturated/α-hetero) is 1. The summed E-state index contributed by atoms with van der Waals surface area (Å²) in [4.78, 5) is 33.9. The Bertz CT molecular complexity index is 1130. The Morgan fingerprint density at radius 3 is 2.55 bits per heavy atom. The molecule has 1 aromatic carbocycles. The van der Waals surface area contributed by atoms with Gasteiger partial charge in [0, 0.05) is 4.88 Å². The number of nitrogens with zero attached hydrogens (tertiary/aromatic N) is 2. The molecule has 1 atom stereocenters. The van der Waals surface area contributed by atoms with Crippen molar-refractivity contribution in [3.8, 4) is 0 Å². The lowest BCUT2D eigenvalue weighted by Gasteiger charge is -2.27. The Labute approximate surface area is 177 Å². The molecule has 0 saturated carbocycles. The number of ketones is 1. The van der Waals surface area contributed by atoms with Gasteiger partial charge in [-0.2, -0.15) is 0 Å². The van der Waals surface area contributed by atoms with Crippen LogP contribution in [-0.4, -0.2) is 26.7 Å². The number of amides is 1. The van der Waals surface area contributed by atoms with Gasteiger partial charge < -0.3 is 10.0 Å². The maximum atomic E-state index is 13.5. The van der Waals surface area contributed by atoms with Gasteiger partial charge in [-0.1, -0.05) is 30.3 Å². The van der Waals surface area contributed by atoms with Gasteiger partial charge in [0.15, 0.2) is 5.76 Å². The minimum atomic E-state index is -0.639. The number of thiophene rings is 1. The molecule has 1 amide bonds. The van der Waals surface area contributed by atoms with Crippen LogP contribution in [0.5, 0.6) is 0 Å². The van der Waals surface area contributed by atoms with E-state index < -0.39 is 17.7 Å². The Balaban J connectivity index is 1.85. The van der Waals surface area contributed by atoms with Crippen LogP contribution in [0.1, 0.15) is 42.4 Å². The predicted octanol–water partition coefficient (Wildman–Crippen LogP) is 4.91. The summed E-state index contributed by atoms with van der Waals surface area (Å²) in [6.45, 7) is 5.89. The summed E-state index contributed by atoms with van der Waals surface area (Å²) in [6.07, 6.45) is 0. The molecular weight excluding hydrogens is 404 g/mol. The van der Waals surface area contributed by atoms with Crippen LogP contribution in [0, 0.1) is 20.8 Å². The number of aliphatic hydroxyl groups is 1. The summed E-state index contributed by atoms with van der Waals surface area (Å²) < 4.78 is 0. The van der Waals surface area contributed by atoms with Crippen LogP contribution in [0.3, 0.4) is 0 Å². The summed E-state index contributed by atoms with van der Waals surface area (Å²) in [6, 6.07) is 10.9. The molecule has 0 aliphatic carbocycles. The molecule has 0 radical (unpaired) electrons. The lowest BCUT2D eigenvalue weighted by atomic mass is 9.92. The Kier molecular flexibility index (Phi) is 5.10. The highest BCUT2D eigenvalue weighted by Crippen LogP contribution is 2.42. The molecule has 7 heteroatoms. The van der Waals surface area contributed by atoms with Gasteiger partial charge in [-0.3, -0.25) is 9.59 Å². The predicted molar refractivity (Wildman–Crippen MR) is 114 cm³/mol. The van der Waals surface area contributed by atoms with Gasteiger partial charge in [0.1, 0.15) is 0 Å². The van der Waals surface area contributed by atoms with Crippen LogP contribution in [-0.2, 0) is 11.3 Å². The second kappa shape index (κ2) is 7.57. The normalized spacial score (nSPS) is 16.7. The highest BCUT2D eigenvalue weighted by molar-refractivity contribution is 7.14. The molecule has 3 aromatic rings. The minimum Gasteiger partial charge on any atom is -0.503 e. The molecule has 0 spiro atoms. The van der Waals surface area contributed by atoms with Gasteiger partial charge in [-0.15, -0.1) is 22.7 Å². The number of hydrogen-bond donors (Lipinski definition) is 1. The van der Waals surface area contributed by atoms with Crippen molar-refractivity contribution in [2.45, 2.75) is 33.4 Å². The summed E-state index contributed by atoms with van der Waals surface area (Å²) in [5, 5.41) is 13.5. The largest absolute Gasteiger partial charge is 0.503 e. The zero-order valence-electron chi connectivity index (χ0n) is 16.3. The first-order chi connectivity index (χ1) is 13.9. The standard InChI is InChI=1S/C22H20N2O3S2/c1-12-7-4-5-9-16(12)18-17(19(25)21-13(2)23-14(3)29-21)20(26)22(27)24(18)11-15-8-6-10-28-15/h4-10,18,26H,11H2,1-3H3. The summed E-state index contributed by atoms with van der Waals surface area (Å²) in [5.41, 5.74) is 2.54. The van der Waals surface area contributed by atoms with Crippen molar-refractivity contribution in [3.63, 3.8) is 0 Å². The van der Waals surface area contributed by atoms with Crippen molar-refractivity contribution in [1.29, 1.82) is 0 Å². The van der Waals surface area contributed by atoms with E-state index in [4.69, 9.17) is 0 Å². The number of carbonyl (C=O) groups is 2. The number of aryl methyl sites for hydroxylation is 3. The maximum Gasteiger partial charge on any atom is 0.290 e. The average Bonchev–Trinajstić information content (AvgIpc) is 3.37. The van der Waals surface area contributed by atoms with E-state index in [0.29, 0.717) is 17.1 Å². The molecule has 0 fully saturated rings. The summed E-state index contributed by atoms with van der Waals surface area (Å²) >= 11 is 2.83. The first-order valence-corrected chi connectivity index (χ1v) is 10.9. The van der Waals surface area contributed by atoms with Crippen LogP contribution in [0.25, 0.3) is 0 Å². The van der Waals surface area contributed by atoms with Gasteiger partial charge >= 0.3 is 0 Å².